The molecule has 4 rings (SSSR count). The van der Waals surface area contributed by atoms with Gasteiger partial charge in [-0.05, 0) is 30.3 Å². The lowest BCUT2D eigenvalue weighted by atomic mass is 10.1. The molecular weight excluding hydrogens is 383 g/mol. The van der Waals surface area contributed by atoms with Crippen LogP contribution in [0.1, 0.15) is 12.0 Å². The minimum atomic E-state index is -4.50. The highest BCUT2D eigenvalue weighted by Gasteiger charge is 2.36. The van der Waals surface area contributed by atoms with Crippen molar-refractivity contribution in [3.63, 3.8) is 0 Å². The number of alkyl halides is 3. The van der Waals surface area contributed by atoms with Gasteiger partial charge in [-0.15, -0.1) is 0 Å². The first-order valence-corrected chi connectivity index (χ1v) is 8.95. The molecule has 8 heteroatoms. The molecule has 0 radical (unpaired) electrons. The van der Waals surface area contributed by atoms with Crippen LogP contribution in [0.15, 0.2) is 60.8 Å². The summed E-state index contributed by atoms with van der Waals surface area (Å²) in [4.78, 5) is 31.0. The molecule has 0 aliphatic carbocycles. The average Bonchev–Trinajstić information content (AvgIpc) is 3.09. The van der Waals surface area contributed by atoms with Crippen molar-refractivity contribution in [3.8, 4) is 0 Å². The molecule has 148 valence electrons. The minimum absolute atomic E-state index is 0.0198. The predicted octanol–water partition coefficient (Wildman–Crippen LogP) is 4.25. The number of nitrogens with zero attached hydrogens (tertiary/aromatic N) is 2. The summed E-state index contributed by atoms with van der Waals surface area (Å²) in [6.07, 6.45) is -2.89. The fourth-order valence-corrected chi connectivity index (χ4v) is 3.44. The largest absolute Gasteiger partial charge is 0.416 e. The quantitative estimate of drug-likeness (QED) is 0.717. The van der Waals surface area contributed by atoms with E-state index in [1.54, 1.807) is 18.3 Å². The Morgan fingerprint density at radius 1 is 1.10 bits per heavy atom. The molecule has 5 nitrogen and oxygen atoms in total. The van der Waals surface area contributed by atoms with Gasteiger partial charge in [-0.3, -0.25) is 14.6 Å². The molecule has 1 saturated heterocycles. The highest BCUT2D eigenvalue weighted by atomic mass is 19.4. The highest BCUT2D eigenvalue weighted by molar-refractivity contribution is 6.07. The van der Waals surface area contributed by atoms with Crippen molar-refractivity contribution in [3.05, 3.63) is 66.4 Å². The number of hydrogen-bond donors (Lipinski definition) is 1. The van der Waals surface area contributed by atoms with Gasteiger partial charge in [-0.2, -0.15) is 13.2 Å². The molecule has 1 atom stereocenters. The summed E-state index contributed by atoms with van der Waals surface area (Å²) in [5, 5.41) is 3.36. The summed E-state index contributed by atoms with van der Waals surface area (Å²) in [6.45, 7) is 0.138. The van der Waals surface area contributed by atoms with E-state index in [2.05, 4.69) is 10.3 Å². The SMILES string of the molecule is O=C(Nc1cccc(C(F)(F)F)c1)C1CC(=O)N(c2cccc3cccnc23)C1. The van der Waals surface area contributed by atoms with E-state index in [4.69, 9.17) is 0 Å². The molecule has 1 unspecified atom stereocenters. The molecule has 0 bridgehead atoms. The van der Waals surface area contributed by atoms with E-state index in [0.717, 1.165) is 17.5 Å². The molecule has 2 heterocycles. The summed E-state index contributed by atoms with van der Waals surface area (Å²) < 4.78 is 38.6. The van der Waals surface area contributed by atoms with E-state index in [0.29, 0.717) is 11.2 Å². The number of para-hydroxylation sites is 1. The summed E-state index contributed by atoms with van der Waals surface area (Å²) in [5.41, 5.74) is 0.466. The van der Waals surface area contributed by atoms with E-state index in [1.807, 2.05) is 18.2 Å². The monoisotopic (exact) mass is 399 g/mol. The second-order valence-electron chi connectivity index (χ2n) is 6.83. The number of carbonyl (C=O) groups excluding carboxylic acids is 2. The highest BCUT2D eigenvalue weighted by Crippen LogP contribution is 2.32. The molecule has 1 fully saturated rings. The number of rotatable bonds is 3. The Bertz CT molecular complexity index is 1090. The number of fused-ring (bicyclic) bond motifs is 1. The lowest BCUT2D eigenvalue weighted by Gasteiger charge is -2.18. The van der Waals surface area contributed by atoms with Gasteiger partial charge < -0.3 is 10.2 Å². The first-order valence-electron chi connectivity index (χ1n) is 8.95. The third kappa shape index (κ3) is 3.78. The third-order valence-corrected chi connectivity index (χ3v) is 4.86. The van der Waals surface area contributed by atoms with Crippen LogP contribution in [0.4, 0.5) is 24.5 Å². The smallest absolute Gasteiger partial charge is 0.326 e. The van der Waals surface area contributed by atoms with Crippen LogP contribution in [0.5, 0.6) is 0 Å². The van der Waals surface area contributed by atoms with Gasteiger partial charge in [0.25, 0.3) is 0 Å². The van der Waals surface area contributed by atoms with Gasteiger partial charge >= 0.3 is 6.18 Å². The van der Waals surface area contributed by atoms with Crippen molar-refractivity contribution in [2.45, 2.75) is 12.6 Å². The zero-order valence-electron chi connectivity index (χ0n) is 15.1. The first kappa shape index (κ1) is 18.9. The fraction of sp³-hybridized carbons (Fsp3) is 0.190. The molecule has 29 heavy (non-hydrogen) atoms. The van der Waals surface area contributed by atoms with Crippen LogP contribution in [-0.2, 0) is 15.8 Å². The summed E-state index contributed by atoms with van der Waals surface area (Å²) in [6, 6.07) is 13.5. The summed E-state index contributed by atoms with van der Waals surface area (Å²) >= 11 is 0. The number of benzene rings is 2. The molecule has 0 saturated carbocycles. The summed E-state index contributed by atoms with van der Waals surface area (Å²) in [5.74, 6) is -1.39. The zero-order chi connectivity index (χ0) is 20.6. The molecule has 2 aromatic carbocycles. The molecule has 1 N–H and O–H groups in total. The van der Waals surface area contributed by atoms with Gasteiger partial charge in [0.2, 0.25) is 11.8 Å². The van der Waals surface area contributed by atoms with Crippen LogP contribution in [0.3, 0.4) is 0 Å². The van der Waals surface area contributed by atoms with E-state index in [9.17, 15) is 22.8 Å². The third-order valence-electron chi connectivity index (χ3n) is 4.86. The lowest BCUT2D eigenvalue weighted by Crippen LogP contribution is -2.28. The maximum atomic E-state index is 12.9. The van der Waals surface area contributed by atoms with Crippen LogP contribution < -0.4 is 10.2 Å². The molecule has 3 aromatic rings. The Labute approximate surface area is 164 Å². The summed E-state index contributed by atoms with van der Waals surface area (Å²) in [7, 11) is 0. The van der Waals surface area contributed by atoms with Crippen LogP contribution in [0, 0.1) is 5.92 Å². The number of hydrogen-bond acceptors (Lipinski definition) is 3. The Morgan fingerprint density at radius 3 is 2.66 bits per heavy atom. The van der Waals surface area contributed by atoms with Crippen molar-refractivity contribution < 1.29 is 22.8 Å². The van der Waals surface area contributed by atoms with Crippen molar-refractivity contribution in [2.24, 2.45) is 5.92 Å². The van der Waals surface area contributed by atoms with Gasteiger partial charge in [-0.1, -0.05) is 24.3 Å². The number of halogens is 3. The number of pyridine rings is 1. The number of aromatic nitrogens is 1. The normalized spacial score (nSPS) is 17.0. The number of nitrogens with one attached hydrogen (secondary N) is 1. The molecule has 1 aromatic heterocycles. The van der Waals surface area contributed by atoms with Gasteiger partial charge in [0.05, 0.1) is 22.7 Å². The first-order chi connectivity index (χ1) is 13.8. The maximum Gasteiger partial charge on any atom is 0.416 e. The second-order valence-corrected chi connectivity index (χ2v) is 6.83. The van der Waals surface area contributed by atoms with Crippen LogP contribution >= 0.6 is 0 Å². The minimum Gasteiger partial charge on any atom is -0.326 e. The molecule has 2 amide bonds. The topological polar surface area (TPSA) is 62.3 Å². The van der Waals surface area contributed by atoms with Crippen LogP contribution in [0.25, 0.3) is 10.9 Å². The van der Waals surface area contributed by atoms with E-state index in [1.165, 1.54) is 17.0 Å². The van der Waals surface area contributed by atoms with E-state index >= 15 is 0 Å². The van der Waals surface area contributed by atoms with Crippen molar-refractivity contribution in [2.75, 3.05) is 16.8 Å². The molecule has 1 aliphatic heterocycles. The van der Waals surface area contributed by atoms with Gasteiger partial charge in [0.1, 0.15) is 0 Å². The standard InChI is InChI=1S/C21H16F3N3O2/c22-21(23,24)15-6-2-7-16(11-15)26-20(29)14-10-18(28)27(12-14)17-8-1-4-13-5-3-9-25-19(13)17/h1-9,11,14H,10,12H2,(H,26,29). The lowest BCUT2D eigenvalue weighted by molar-refractivity contribution is -0.137. The van der Waals surface area contributed by atoms with Gasteiger partial charge in [0, 0.05) is 30.2 Å². The van der Waals surface area contributed by atoms with E-state index < -0.39 is 23.6 Å². The van der Waals surface area contributed by atoms with Gasteiger partial charge in [-0.25, -0.2) is 0 Å². The van der Waals surface area contributed by atoms with Crippen LogP contribution in [0.2, 0.25) is 0 Å². The Balaban J connectivity index is 1.53. The number of carbonyl (C=O) groups is 2. The predicted molar refractivity (Wildman–Crippen MR) is 102 cm³/mol. The van der Waals surface area contributed by atoms with Gasteiger partial charge in [0.15, 0.2) is 0 Å². The molecular formula is C21H16F3N3O2. The Hall–Kier alpha value is -3.42. The van der Waals surface area contributed by atoms with Crippen molar-refractivity contribution in [1.29, 1.82) is 0 Å². The van der Waals surface area contributed by atoms with E-state index in [-0.39, 0.29) is 24.6 Å². The number of amides is 2. The van der Waals surface area contributed by atoms with Crippen molar-refractivity contribution >= 4 is 34.1 Å². The Morgan fingerprint density at radius 2 is 1.86 bits per heavy atom. The maximum absolute atomic E-state index is 12.9. The number of anilines is 2. The average molecular weight is 399 g/mol. The second kappa shape index (κ2) is 7.20. The van der Waals surface area contributed by atoms with Crippen LogP contribution in [-0.4, -0.2) is 23.3 Å². The fourth-order valence-electron chi connectivity index (χ4n) is 3.44. The molecule has 0 spiro atoms. The van der Waals surface area contributed by atoms with Crippen molar-refractivity contribution in [1.82, 2.24) is 4.98 Å². The molecule has 1 aliphatic rings. The zero-order valence-corrected chi connectivity index (χ0v) is 15.1. The Kier molecular flexibility index (Phi) is 4.70.